The summed E-state index contributed by atoms with van der Waals surface area (Å²) in [5.74, 6) is -3.58. The molecule has 7 nitrogen and oxygen atoms in total. The zero-order valence-electron chi connectivity index (χ0n) is 21.5. The summed E-state index contributed by atoms with van der Waals surface area (Å²) in [5.41, 5.74) is 2.53. The fourth-order valence-corrected chi connectivity index (χ4v) is 5.35. The molecule has 37 heavy (non-hydrogen) atoms. The minimum Gasteiger partial charge on any atom is -0.481 e. The van der Waals surface area contributed by atoms with E-state index in [9.17, 15) is 19.5 Å². The maximum Gasteiger partial charge on any atom is 0.394 e. The summed E-state index contributed by atoms with van der Waals surface area (Å²) in [4.78, 5) is 34.1. The number of amides is 1. The average Bonchev–Trinajstić information content (AvgIpc) is 2.87. The Labute approximate surface area is 223 Å². The predicted molar refractivity (Wildman–Crippen MR) is 147 cm³/mol. The molecule has 0 heterocycles. The van der Waals surface area contributed by atoms with Gasteiger partial charge < -0.3 is 20.6 Å². The Morgan fingerprint density at radius 1 is 0.892 bits per heavy atom. The third-order valence-electron chi connectivity index (χ3n) is 6.17. The van der Waals surface area contributed by atoms with Crippen LogP contribution in [0.3, 0.4) is 0 Å². The number of benzene rings is 2. The van der Waals surface area contributed by atoms with Crippen molar-refractivity contribution in [1.29, 1.82) is 0 Å². The van der Waals surface area contributed by atoms with Gasteiger partial charge in [0.15, 0.2) is 0 Å². The van der Waals surface area contributed by atoms with Crippen LogP contribution in [0.5, 0.6) is 0 Å². The second kappa shape index (κ2) is 16.8. The lowest BCUT2D eigenvalue weighted by atomic mass is 9.99. The number of rotatable bonds is 17. The number of carbonyl (C=O) groups is 3. The van der Waals surface area contributed by atoms with Crippen LogP contribution in [0.15, 0.2) is 53.4 Å². The molecule has 2 aromatic rings. The number of aryl methyl sites for hydroxylation is 1. The van der Waals surface area contributed by atoms with E-state index in [0.717, 1.165) is 23.3 Å². The molecule has 4 N–H and O–H groups in total. The van der Waals surface area contributed by atoms with Gasteiger partial charge in [-0.15, -0.1) is 11.8 Å². The van der Waals surface area contributed by atoms with E-state index in [1.54, 1.807) is 18.2 Å². The number of nitrogens with one attached hydrogen (secondary N) is 1. The smallest absolute Gasteiger partial charge is 0.394 e. The fourth-order valence-electron chi connectivity index (χ4n) is 4.12. The molecule has 0 bridgehead atoms. The minimum atomic E-state index is -1.57. The van der Waals surface area contributed by atoms with E-state index in [0.29, 0.717) is 18.5 Å². The number of aliphatic hydroxyl groups is 1. The molecule has 1 amide bonds. The zero-order valence-corrected chi connectivity index (χ0v) is 22.3. The maximum absolute atomic E-state index is 11.5. The quantitative estimate of drug-likeness (QED) is 0.105. The van der Waals surface area contributed by atoms with Crippen LogP contribution in [0.1, 0.15) is 87.5 Å². The van der Waals surface area contributed by atoms with Crippen molar-refractivity contribution in [1.82, 2.24) is 0 Å². The molecule has 2 aromatic carbocycles. The van der Waals surface area contributed by atoms with Gasteiger partial charge in [-0.2, -0.15) is 0 Å². The van der Waals surface area contributed by atoms with E-state index in [1.807, 2.05) is 18.2 Å². The van der Waals surface area contributed by atoms with Gasteiger partial charge >= 0.3 is 17.8 Å². The van der Waals surface area contributed by atoms with Crippen LogP contribution in [0.4, 0.5) is 5.69 Å². The van der Waals surface area contributed by atoms with Crippen LogP contribution in [0, 0.1) is 0 Å². The summed E-state index contributed by atoms with van der Waals surface area (Å²) in [5, 5.41) is 30.8. The highest BCUT2D eigenvalue weighted by Gasteiger charge is 2.23. The molecule has 0 spiro atoms. The number of hydrogen-bond donors (Lipinski definition) is 4. The number of carboxylic acid groups (broad SMARTS) is 2. The number of aliphatic carboxylic acids is 2. The van der Waals surface area contributed by atoms with Gasteiger partial charge in [-0.3, -0.25) is 9.59 Å². The third kappa shape index (κ3) is 11.8. The van der Waals surface area contributed by atoms with E-state index >= 15 is 0 Å². The van der Waals surface area contributed by atoms with Crippen molar-refractivity contribution >= 4 is 35.3 Å². The van der Waals surface area contributed by atoms with Gasteiger partial charge in [0.1, 0.15) is 0 Å². The van der Waals surface area contributed by atoms with Gasteiger partial charge in [0, 0.05) is 17.0 Å². The summed E-state index contributed by atoms with van der Waals surface area (Å²) < 4.78 is 0. The van der Waals surface area contributed by atoms with Gasteiger partial charge in [-0.25, -0.2) is 4.79 Å². The van der Waals surface area contributed by atoms with Crippen LogP contribution in [-0.2, 0) is 20.8 Å². The molecule has 0 aliphatic rings. The molecule has 0 fully saturated rings. The predicted octanol–water partition coefficient (Wildman–Crippen LogP) is 6.45. The largest absolute Gasteiger partial charge is 0.481 e. The maximum atomic E-state index is 11.5. The Balaban J connectivity index is 2.07. The lowest BCUT2D eigenvalue weighted by Crippen LogP contribution is -2.21. The number of carbonyl (C=O) groups excluding carboxylic acids is 1. The molecule has 0 aromatic heterocycles. The van der Waals surface area contributed by atoms with Crippen LogP contribution in [-0.4, -0.2) is 39.3 Å². The Hall–Kier alpha value is -2.84. The molecule has 0 aliphatic heterocycles. The first kappa shape index (κ1) is 30.4. The van der Waals surface area contributed by atoms with Crippen molar-refractivity contribution in [2.45, 2.75) is 93.8 Å². The molecule has 0 aliphatic carbocycles. The molecular weight excluding hydrogens is 490 g/mol. The van der Waals surface area contributed by atoms with E-state index in [2.05, 4.69) is 24.4 Å². The lowest BCUT2D eigenvalue weighted by molar-refractivity contribution is -0.147. The number of anilines is 1. The highest BCUT2D eigenvalue weighted by atomic mass is 32.2. The van der Waals surface area contributed by atoms with E-state index in [4.69, 9.17) is 10.2 Å². The van der Waals surface area contributed by atoms with Gasteiger partial charge in [-0.05, 0) is 55.0 Å². The van der Waals surface area contributed by atoms with E-state index in [-0.39, 0.29) is 11.7 Å². The fraction of sp³-hybridized carbons (Fsp3) is 0.483. The van der Waals surface area contributed by atoms with Crippen molar-refractivity contribution in [3.8, 4) is 0 Å². The molecule has 8 heteroatoms. The first-order valence-corrected chi connectivity index (χ1v) is 14.0. The van der Waals surface area contributed by atoms with Crippen LogP contribution in [0.2, 0.25) is 0 Å². The Morgan fingerprint density at radius 2 is 1.57 bits per heavy atom. The van der Waals surface area contributed by atoms with Gasteiger partial charge in [0.25, 0.3) is 0 Å². The highest BCUT2D eigenvalue weighted by Crippen LogP contribution is 2.40. The van der Waals surface area contributed by atoms with Crippen molar-refractivity contribution in [3.63, 3.8) is 0 Å². The molecule has 202 valence electrons. The average molecular weight is 530 g/mol. The number of thioether (sulfide) groups is 1. The van der Waals surface area contributed by atoms with Crippen LogP contribution >= 0.6 is 11.8 Å². The van der Waals surface area contributed by atoms with Gasteiger partial charge in [0.2, 0.25) is 0 Å². The molecule has 2 rings (SSSR count). The summed E-state index contributed by atoms with van der Waals surface area (Å²) in [6, 6.07) is 15.0. The number of carboxylic acids is 2. The zero-order chi connectivity index (χ0) is 27.0. The molecule has 0 saturated carbocycles. The second-order valence-corrected chi connectivity index (χ2v) is 10.5. The Morgan fingerprint density at radius 3 is 2.22 bits per heavy atom. The number of aliphatic hydroxyl groups excluding tert-OH is 1. The SMILES string of the molecule is CCCCCCCCCc1ccc(C(Sc2cccc(NC(=O)C(=O)O)c2)C(O)CCCC(=O)O)cc1. The minimum absolute atomic E-state index is 0.0114. The topological polar surface area (TPSA) is 124 Å². The van der Waals surface area contributed by atoms with Crippen molar-refractivity contribution in [3.05, 3.63) is 59.7 Å². The van der Waals surface area contributed by atoms with Crippen molar-refractivity contribution in [2.75, 3.05) is 5.32 Å². The molecule has 2 unspecified atom stereocenters. The summed E-state index contributed by atoms with van der Waals surface area (Å²) in [7, 11) is 0. The highest BCUT2D eigenvalue weighted by molar-refractivity contribution is 7.99. The Kier molecular flexibility index (Phi) is 13.8. The Bertz CT molecular complexity index is 994. The van der Waals surface area contributed by atoms with Gasteiger partial charge in [-0.1, -0.05) is 75.8 Å². The summed E-state index contributed by atoms with van der Waals surface area (Å²) >= 11 is 1.40. The lowest BCUT2D eigenvalue weighted by Gasteiger charge is -2.23. The standard InChI is InChI=1S/C29H39NO6S/c1-2-3-4-5-6-7-8-11-21-16-18-22(19-17-21)27(25(31)14-10-15-26(32)33)37-24-13-9-12-23(20-24)30-28(34)29(35)36/h9,12-13,16-20,25,27,31H,2-8,10-11,14-15H2,1H3,(H,30,34)(H,32,33)(H,35,36). The van der Waals surface area contributed by atoms with Crippen LogP contribution < -0.4 is 5.32 Å². The van der Waals surface area contributed by atoms with Crippen molar-refractivity contribution in [2.24, 2.45) is 0 Å². The monoisotopic (exact) mass is 529 g/mol. The number of unbranched alkanes of at least 4 members (excludes halogenated alkanes) is 6. The second-order valence-electron chi connectivity index (χ2n) is 9.29. The molecular formula is C29H39NO6S. The summed E-state index contributed by atoms with van der Waals surface area (Å²) in [6.45, 7) is 2.22. The van der Waals surface area contributed by atoms with Crippen LogP contribution in [0.25, 0.3) is 0 Å². The molecule has 0 radical (unpaired) electrons. The van der Waals surface area contributed by atoms with Gasteiger partial charge in [0.05, 0.1) is 11.4 Å². The summed E-state index contributed by atoms with van der Waals surface area (Å²) in [6.07, 6.45) is 9.73. The molecule has 0 saturated heterocycles. The molecule has 2 atom stereocenters. The van der Waals surface area contributed by atoms with E-state index < -0.39 is 23.9 Å². The normalized spacial score (nSPS) is 12.6. The first-order valence-electron chi connectivity index (χ1n) is 13.1. The van der Waals surface area contributed by atoms with E-state index in [1.165, 1.54) is 55.9 Å². The third-order valence-corrected chi connectivity index (χ3v) is 7.53. The first-order chi connectivity index (χ1) is 17.8. The van der Waals surface area contributed by atoms with Crippen molar-refractivity contribution < 1.29 is 29.7 Å². The number of hydrogen-bond acceptors (Lipinski definition) is 5.